The Labute approximate surface area is 156 Å². The lowest BCUT2D eigenvalue weighted by Crippen LogP contribution is -2.40. The van der Waals surface area contributed by atoms with Crippen molar-refractivity contribution in [3.8, 4) is 5.75 Å². The highest BCUT2D eigenvalue weighted by molar-refractivity contribution is 7.92. The third-order valence-corrected chi connectivity index (χ3v) is 7.22. The molecule has 1 heterocycles. The van der Waals surface area contributed by atoms with Gasteiger partial charge < -0.3 is 9.84 Å². The highest BCUT2D eigenvalue weighted by Gasteiger charge is 2.27. The van der Waals surface area contributed by atoms with Crippen molar-refractivity contribution < 1.29 is 31.1 Å². The summed E-state index contributed by atoms with van der Waals surface area (Å²) in [7, 11) is -8.01. The lowest BCUT2D eigenvalue weighted by atomic mass is 10.3. The summed E-state index contributed by atoms with van der Waals surface area (Å²) in [4.78, 5) is -0.399. The Morgan fingerprint density at radius 2 is 1.56 bits per heavy atom. The van der Waals surface area contributed by atoms with Crippen LogP contribution in [0.2, 0.25) is 0 Å². The third-order valence-electron chi connectivity index (χ3n) is 3.94. The Kier molecular flexibility index (Phi) is 5.38. The average Bonchev–Trinajstić information content (AvgIpc) is 2.64. The number of hydrogen-bond acceptors (Lipinski definition) is 6. The smallest absolute Gasteiger partial charge is 0.262 e. The molecule has 0 saturated carbocycles. The minimum absolute atomic E-state index is 0.168. The predicted molar refractivity (Wildman–Crippen MR) is 94.9 cm³/mol. The number of phenolic OH excluding ortho intramolecular Hbond substituents is 1. The van der Waals surface area contributed by atoms with Crippen LogP contribution in [0, 0.1) is 5.82 Å². The maximum Gasteiger partial charge on any atom is 0.262 e. The topological polar surface area (TPSA) is 113 Å². The Morgan fingerprint density at radius 1 is 0.963 bits per heavy atom. The summed E-state index contributed by atoms with van der Waals surface area (Å²) >= 11 is 0. The number of ether oxygens (including phenoxy) is 1. The van der Waals surface area contributed by atoms with Crippen LogP contribution in [-0.4, -0.2) is 52.6 Å². The quantitative estimate of drug-likeness (QED) is 0.712. The van der Waals surface area contributed by atoms with Crippen molar-refractivity contribution in [3.63, 3.8) is 0 Å². The molecule has 27 heavy (non-hydrogen) atoms. The summed E-state index contributed by atoms with van der Waals surface area (Å²) in [5, 5.41) is 9.95. The second-order valence-corrected chi connectivity index (χ2v) is 9.38. The number of rotatable bonds is 5. The Hall–Kier alpha value is -2.21. The van der Waals surface area contributed by atoms with Crippen LogP contribution in [0.15, 0.2) is 52.3 Å². The van der Waals surface area contributed by atoms with Crippen LogP contribution in [0.5, 0.6) is 5.75 Å². The zero-order valence-electron chi connectivity index (χ0n) is 14.0. The van der Waals surface area contributed by atoms with E-state index in [1.54, 1.807) is 0 Å². The first-order valence-electron chi connectivity index (χ1n) is 7.89. The van der Waals surface area contributed by atoms with Crippen LogP contribution < -0.4 is 4.72 Å². The molecular formula is C16H17FN2O6S2. The standard InChI is InChI=1S/C16H17FN2O6S2/c17-12-1-3-13(4-2-12)26(21,22)18-15-11-14(5-6-16(15)20)27(23,24)19-7-9-25-10-8-19/h1-6,11,18,20H,7-10H2. The van der Waals surface area contributed by atoms with Crippen molar-refractivity contribution >= 4 is 25.7 Å². The van der Waals surface area contributed by atoms with Gasteiger partial charge in [0.2, 0.25) is 10.0 Å². The molecule has 2 aromatic rings. The van der Waals surface area contributed by atoms with E-state index in [2.05, 4.69) is 4.72 Å². The van der Waals surface area contributed by atoms with Crippen LogP contribution in [0.4, 0.5) is 10.1 Å². The molecule has 0 spiro atoms. The number of anilines is 1. The number of hydrogen-bond donors (Lipinski definition) is 2. The number of aromatic hydroxyl groups is 1. The summed E-state index contributed by atoms with van der Waals surface area (Å²) < 4.78 is 71.7. The fourth-order valence-electron chi connectivity index (χ4n) is 2.51. The minimum Gasteiger partial charge on any atom is -0.506 e. The van der Waals surface area contributed by atoms with E-state index in [1.165, 1.54) is 10.4 Å². The van der Waals surface area contributed by atoms with Crippen LogP contribution >= 0.6 is 0 Å². The molecule has 0 amide bonds. The lowest BCUT2D eigenvalue weighted by Gasteiger charge is -2.26. The SMILES string of the molecule is O=S(=O)(Nc1cc(S(=O)(=O)N2CCOCC2)ccc1O)c1ccc(F)cc1. The zero-order valence-corrected chi connectivity index (χ0v) is 15.6. The van der Waals surface area contributed by atoms with E-state index < -0.39 is 31.6 Å². The summed E-state index contributed by atoms with van der Waals surface area (Å²) in [6, 6.07) is 7.40. The van der Waals surface area contributed by atoms with Crippen LogP contribution in [0.1, 0.15) is 0 Å². The van der Waals surface area contributed by atoms with Gasteiger partial charge in [0.25, 0.3) is 10.0 Å². The van der Waals surface area contributed by atoms with E-state index >= 15 is 0 Å². The molecule has 0 unspecified atom stereocenters. The number of benzene rings is 2. The molecule has 1 fully saturated rings. The summed E-state index contributed by atoms with van der Waals surface area (Å²) in [6.07, 6.45) is 0. The van der Waals surface area contributed by atoms with Crippen molar-refractivity contribution in [1.82, 2.24) is 4.31 Å². The molecule has 146 valence electrons. The molecule has 0 radical (unpaired) electrons. The van der Waals surface area contributed by atoms with Gasteiger partial charge in [-0.05, 0) is 42.5 Å². The average molecular weight is 416 g/mol. The molecule has 2 N–H and O–H groups in total. The highest BCUT2D eigenvalue weighted by atomic mass is 32.2. The van der Waals surface area contributed by atoms with E-state index in [1.807, 2.05) is 0 Å². The third kappa shape index (κ3) is 4.21. The van der Waals surface area contributed by atoms with Crippen molar-refractivity contribution in [3.05, 3.63) is 48.3 Å². The number of phenols is 1. The first-order chi connectivity index (χ1) is 12.7. The molecular weight excluding hydrogens is 399 g/mol. The Bertz CT molecular complexity index is 1030. The second-order valence-electron chi connectivity index (χ2n) is 5.75. The van der Waals surface area contributed by atoms with Gasteiger partial charge in [0.05, 0.1) is 28.7 Å². The predicted octanol–water partition coefficient (Wildman–Crippen LogP) is 1.35. The molecule has 0 aromatic heterocycles. The van der Waals surface area contributed by atoms with Gasteiger partial charge in [0, 0.05) is 13.1 Å². The largest absolute Gasteiger partial charge is 0.506 e. The molecule has 0 aliphatic carbocycles. The first-order valence-corrected chi connectivity index (χ1v) is 10.8. The Balaban J connectivity index is 1.92. The lowest BCUT2D eigenvalue weighted by molar-refractivity contribution is 0.0730. The molecule has 1 aliphatic rings. The summed E-state index contributed by atoms with van der Waals surface area (Å²) in [5.41, 5.74) is -0.298. The molecule has 0 atom stereocenters. The zero-order chi connectivity index (χ0) is 19.7. The van der Waals surface area contributed by atoms with Crippen molar-refractivity contribution in [2.75, 3.05) is 31.0 Å². The highest BCUT2D eigenvalue weighted by Crippen LogP contribution is 2.30. The molecule has 11 heteroatoms. The monoisotopic (exact) mass is 416 g/mol. The molecule has 0 bridgehead atoms. The van der Waals surface area contributed by atoms with Gasteiger partial charge >= 0.3 is 0 Å². The fourth-order valence-corrected chi connectivity index (χ4v) is 5.01. The fraction of sp³-hybridized carbons (Fsp3) is 0.250. The number of morpholine rings is 1. The van der Waals surface area contributed by atoms with E-state index in [0.29, 0.717) is 0 Å². The Morgan fingerprint density at radius 3 is 2.19 bits per heavy atom. The molecule has 3 rings (SSSR count). The maximum atomic E-state index is 13.0. The van der Waals surface area contributed by atoms with Gasteiger partial charge in [0.1, 0.15) is 11.6 Å². The van der Waals surface area contributed by atoms with Crippen molar-refractivity contribution in [2.45, 2.75) is 9.79 Å². The van der Waals surface area contributed by atoms with Gasteiger partial charge in [-0.15, -0.1) is 0 Å². The summed E-state index contributed by atoms with van der Waals surface area (Å²) in [5.74, 6) is -1.04. The molecule has 1 saturated heterocycles. The van der Waals surface area contributed by atoms with E-state index in [4.69, 9.17) is 4.74 Å². The minimum atomic E-state index is -4.14. The number of nitrogens with one attached hydrogen (secondary N) is 1. The van der Waals surface area contributed by atoms with Crippen LogP contribution in [0.25, 0.3) is 0 Å². The summed E-state index contributed by atoms with van der Waals surface area (Å²) in [6.45, 7) is 0.891. The van der Waals surface area contributed by atoms with Gasteiger partial charge in [0.15, 0.2) is 0 Å². The van der Waals surface area contributed by atoms with E-state index in [0.717, 1.165) is 36.4 Å². The number of sulfonamides is 2. The van der Waals surface area contributed by atoms with Gasteiger partial charge in [-0.1, -0.05) is 0 Å². The van der Waals surface area contributed by atoms with Crippen molar-refractivity contribution in [1.29, 1.82) is 0 Å². The molecule has 2 aromatic carbocycles. The molecule has 8 nitrogen and oxygen atoms in total. The normalized spacial score (nSPS) is 16.2. The maximum absolute atomic E-state index is 13.0. The van der Waals surface area contributed by atoms with Gasteiger partial charge in [-0.25, -0.2) is 21.2 Å². The van der Waals surface area contributed by atoms with E-state index in [-0.39, 0.29) is 41.8 Å². The van der Waals surface area contributed by atoms with Crippen molar-refractivity contribution in [2.24, 2.45) is 0 Å². The second kappa shape index (κ2) is 7.43. The van der Waals surface area contributed by atoms with Crippen LogP contribution in [0.3, 0.4) is 0 Å². The number of nitrogens with zero attached hydrogens (tertiary/aromatic N) is 1. The van der Waals surface area contributed by atoms with Crippen LogP contribution in [-0.2, 0) is 24.8 Å². The number of halogens is 1. The van der Waals surface area contributed by atoms with E-state index in [9.17, 15) is 26.3 Å². The first kappa shape index (κ1) is 19.5. The van der Waals surface area contributed by atoms with Gasteiger partial charge in [-0.3, -0.25) is 4.72 Å². The van der Waals surface area contributed by atoms with Gasteiger partial charge in [-0.2, -0.15) is 4.31 Å². The molecule has 1 aliphatic heterocycles.